The third-order valence-electron chi connectivity index (χ3n) is 8.30. The molecule has 60 heavy (non-hydrogen) atoms. The van der Waals surface area contributed by atoms with Crippen molar-refractivity contribution in [1.82, 2.24) is 25.7 Å². The van der Waals surface area contributed by atoms with E-state index in [2.05, 4.69) is 31.4 Å². The highest BCUT2D eigenvalue weighted by atomic mass is 32.1. The van der Waals surface area contributed by atoms with E-state index in [1.54, 1.807) is 41.5 Å². The first-order valence-corrected chi connectivity index (χ1v) is 20.0. The van der Waals surface area contributed by atoms with Crippen molar-refractivity contribution in [2.75, 3.05) is 11.9 Å². The first kappa shape index (κ1) is 44.8. The molecule has 18 heteroatoms. The minimum Gasteiger partial charge on any atom is -0.483 e. The number of hydrogen-bond donors (Lipinski definition) is 4. The minimum atomic E-state index is -1.63. The number of nitrogens with zero attached hydrogens (tertiary/aromatic N) is 3. The van der Waals surface area contributed by atoms with Gasteiger partial charge in [-0.2, -0.15) is 4.73 Å². The molecule has 5 rings (SSSR count). The average molecular weight is 846 g/mol. The zero-order chi connectivity index (χ0) is 43.7. The maximum atomic E-state index is 13.9. The van der Waals surface area contributed by atoms with Gasteiger partial charge in [-0.1, -0.05) is 65.8 Å². The van der Waals surface area contributed by atoms with Crippen molar-refractivity contribution < 1.29 is 43.1 Å². The first-order valence-electron chi connectivity index (χ1n) is 19.1. The van der Waals surface area contributed by atoms with E-state index in [4.69, 9.17) is 23.9 Å². The van der Waals surface area contributed by atoms with Gasteiger partial charge in [-0.3, -0.25) is 19.7 Å². The molecule has 4 aromatic rings. The number of anilines is 1. The molecule has 2 aromatic heterocycles. The van der Waals surface area contributed by atoms with Crippen LogP contribution in [-0.2, 0) is 48.5 Å². The highest BCUT2D eigenvalue weighted by Crippen LogP contribution is 2.22. The van der Waals surface area contributed by atoms with Crippen LogP contribution in [0.15, 0.2) is 88.3 Å². The van der Waals surface area contributed by atoms with E-state index < -0.39 is 52.8 Å². The molecule has 2 aromatic carbocycles. The Morgan fingerprint density at radius 2 is 1.52 bits per heavy atom. The van der Waals surface area contributed by atoms with Gasteiger partial charge in [0.05, 0.1) is 17.9 Å². The summed E-state index contributed by atoms with van der Waals surface area (Å²) >= 11 is 0.990. The predicted molar refractivity (Wildman–Crippen MR) is 223 cm³/mol. The Labute approximate surface area is 351 Å². The number of hydrogen-bond acceptors (Lipinski definition) is 14. The molecule has 0 aliphatic carbocycles. The van der Waals surface area contributed by atoms with E-state index in [1.807, 2.05) is 60.7 Å². The van der Waals surface area contributed by atoms with Crippen molar-refractivity contribution in [3.63, 3.8) is 0 Å². The summed E-state index contributed by atoms with van der Waals surface area (Å²) in [6, 6.07) is 18.8. The van der Waals surface area contributed by atoms with E-state index in [0.29, 0.717) is 5.69 Å². The highest BCUT2D eigenvalue weighted by molar-refractivity contribution is 7.14. The summed E-state index contributed by atoms with van der Waals surface area (Å²) in [4.78, 5) is 81.2. The lowest BCUT2D eigenvalue weighted by molar-refractivity contribution is -0.179. The van der Waals surface area contributed by atoms with Gasteiger partial charge in [0.2, 0.25) is 16.9 Å². The molecule has 2 unspecified atom stereocenters. The van der Waals surface area contributed by atoms with E-state index in [-0.39, 0.29) is 54.0 Å². The number of thiazole rings is 1. The van der Waals surface area contributed by atoms with Crippen molar-refractivity contribution in [2.24, 2.45) is 5.16 Å². The SMILES string of the molecule is CC(C)(C)OC(=O)Nc1nc(C(=NOC(C)(C)C(=O)OC(C)(C)C)C(=O)NC2C(=O)NC2CNCc2cc(=O)c(OCc3ccccc3)cn2OCc2ccccc2)cs1. The molecule has 0 radical (unpaired) electrons. The zero-order valence-corrected chi connectivity index (χ0v) is 35.6. The van der Waals surface area contributed by atoms with Gasteiger partial charge in [0.25, 0.3) is 5.91 Å². The Hall–Kier alpha value is -6.27. The second-order valence-corrected chi connectivity index (χ2v) is 17.1. The summed E-state index contributed by atoms with van der Waals surface area (Å²) in [5.41, 5.74) is -1.68. The van der Waals surface area contributed by atoms with Gasteiger partial charge in [0, 0.05) is 24.5 Å². The lowest BCUT2D eigenvalue weighted by atomic mass is 9.98. The normalized spacial score (nSPS) is 15.5. The molecule has 320 valence electrons. The monoisotopic (exact) mass is 845 g/mol. The summed E-state index contributed by atoms with van der Waals surface area (Å²) in [5, 5.41) is 16.8. The van der Waals surface area contributed by atoms with Crippen molar-refractivity contribution >= 4 is 46.1 Å². The molecular weight excluding hydrogens is 795 g/mol. The second kappa shape index (κ2) is 19.2. The van der Waals surface area contributed by atoms with Gasteiger partial charge in [-0.25, -0.2) is 14.6 Å². The van der Waals surface area contributed by atoms with Crippen LogP contribution < -0.4 is 36.3 Å². The van der Waals surface area contributed by atoms with Crippen molar-refractivity contribution in [1.29, 1.82) is 0 Å². The summed E-state index contributed by atoms with van der Waals surface area (Å²) in [6.45, 7) is 13.8. The standard InChI is InChI=1S/C42H51N7O10S/c1-40(2,3)57-37(53)42(7,8)59-48-34(30-25-60-38(45-30)47-39(54)58-41(4,5)6)36(52)46-33-29(44-35(33)51)21-43-20-28-19-31(50)32(55-23-26-15-11-9-12-16-26)22-49(28)56-24-27-17-13-10-14-18-27/h9-19,22,25,29,33,43H,20-21,23-24H2,1-8H3,(H,44,51)(H,46,52)(H,45,47,54). The van der Waals surface area contributed by atoms with Gasteiger partial charge >= 0.3 is 12.1 Å². The Morgan fingerprint density at radius 1 is 0.883 bits per heavy atom. The van der Waals surface area contributed by atoms with Crippen molar-refractivity contribution in [3.8, 4) is 5.75 Å². The van der Waals surface area contributed by atoms with Crippen LogP contribution in [0, 0.1) is 0 Å². The highest BCUT2D eigenvalue weighted by Gasteiger charge is 2.42. The number of ether oxygens (including phenoxy) is 3. The third kappa shape index (κ3) is 13.1. The number of benzene rings is 2. The molecule has 2 atom stereocenters. The zero-order valence-electron chi connectivity index (χ0n) is 34.8. The molecule has 1 fully saturated rings. The maximum absolute atomic E-state index is 13.9. The van der Waals surface area contributed by atoms with E-state index in [9.17, 15) is 24.0 Å². The topological polar surface area (TPSA) is 210 Å². The number of β-lactam (4-membered cyclic amide) rings is 1. The van der Waals surface area contributed by atoms with Gasteiger partial charge < -0.3 is 39.8 Å². The van der Waals surface area contributed by atoms with Crippen LogP contribution in [0.2, 0.25) is 0 Å². The molecule has 0 saturated carbocycles. The van der Waals surface area contributed by atoms with Crippen molar-refractivity contribution in [3.05, 3.63) is 111 Å². The predicted octanol–water partition coefficient (Wildman–Crippen LogP) is 4.47. The molecule has 17 nitrogen and oxygen atoms in total. The number of carbonyl (C=O) groups is 4. The fourth-order valence-corrected chi connectivity index (χ4v) is 6.01. The van der Waals surface area contributed by atoms with E-state index >= 15 is 0 Å². The lowest BCUT2D eigenvalue weighted by Gasteiger charge is -2.37. The Kier molecular flexibility index (Phi) is 14.3. The summed E-state index contributed by atoms with van der Waals surface area (Å²) < 4.78 is 18.1. The molecule has 3 heterocycles. The first-order chi connectivity index (χ1) is 28.3. The van der Waals surface area contributed by atoms with Crippen LogP contribution in [0.5, 0.6) is 5.75 Å². The van der Waals surface area contributed by atoms with E-state index in [0.717, 1.165) is 22.5 Å². The summed E-state index contributed by atoms with van der Waals surface area (Å²) in [6.07, 6.45) is 0.738. The molecule has 0 bridgehead atoms. The Morgan fingerprint density at radius 3 is 2.13 bits per heavy atom. The number of rotatable bonds is 17. The van der Waals surface area contributed by atoms with Crippen LogP contribution in [0.1, 0.15) is 77.9 Å². The smallest absolute Gasteiger partial charge is 0.413 e. The second-order valence-electron chi connectivity index (χ2n) is 16.3. The molecule has 3 amide bonds. The molecule has 4 N–H and O–H groups in total. The number of aromatic nitrogens is 2. The Bertz CT molecular complexity index is 2230. The fourth-order valence-electron chi connectivity index (χ4n) is 5.33. The number of oxime groups is 1. The van der Waals surface area contributed by atoms with Gasteiger partial charge in [-0.05, 0) is 66.5 Å². The number of nitrogens with one attached hydrogen (secondary N) is 4. The number of amides is 3. The molecule has 1 saturated heterocycles. The number of esters is 1. The minimum absolute atomic E-state index is 0.0115. The molecular formula is C42H51N7O10S. The molecule has 0 spiro atoms. The summed E-state index contributed by atoms with van der Waals surface area (Å²) in [5.74, 6) is -1.94. The molecule has 1 aliphatic heterocycles. The largest absolute Gasteiger partial charge is 0.483 e. The van der Waals surface area contributed by atoms with Crippen molar-refractivity contribution in [2.45, 2.75) is 104 Å². The quantitative estimate of drug-likeness (QED) is 0.0502. The van der Waals surface area contributed by atoms with Crippen LogP contribution in [0.3, 0.4) is 0 Å². The third-order valence-corrected chi connectivity index (χ3v) is 9.06. The van der Waals surface area contributed by atoms with Crippen LogP contribution in [0.4, 0.5) is 9.93 Å². The van der Waals surface area contributed by atoms with Gasteiger partial charge in [0.15, 0.2) is 16.6 Å². The molecule has 1 aliphatic rings. The van der Waals surface area contributed by atoms with E-state index in [1.165, 1.54) is 36.2 Å². The van der Waals surface area contributed by atoms with Crippen LogP contribution >= 0.6 is 11.3 Å². The fraction of sp³-hybridized carbons (Fsp3) is 0.405. The van der Waals surface area contributed by atoms with Crippen LogP contribution in [0.25, 0.3) is 0 Å². The average Bonchev–Trinajstić information content (AvgIpc) is 3.62. The van der Waals surface area contributed by atoms with Crippen LogP contribution in [-0.4, -0.2) is 74.7 Å². The Balaban J connectivity index is 1.29. The van der Waals surface area contributed by atoms with Gasteiger partial charge in [-0.15, -0.1) is 11.3 Å². The van der Waals surface area contributed by atoms with Gasteiger partial charge in [0.1, 0.15) is 36.2 Å². The number of carbonyl (C=O) groups excluding carboxylic acids is 4. The number of pyridine rings is 1. The lowest BCUT2D eigenvalue weighted by Crippen LogP contribution is -2.72. The summed E-state index contributed by atoms with van der Waals surface area (Å²) in [7, 11) is 0. The maximum Gasteiger partial charge on any atom is 0.413 e.